The molecule has 146 valence electrons. The third kappa shape index (κ3) is 5.95. The molecule has 2 N–H and O–H groups in total. The average Bonchev–Trinajstić information content (AvgIpc) is 3.07. The van der Waals surface area contributed by atoms with Gasteiger partial charge in [0.05, 0.1) is 12.6 Å². The number of likely N-dealkylation sites (tertiary alicyclic amines) is 1. The summed E-state index contributed by atoms with van der Waals surface area (Å²) in [5, 5.41) is 6.81. The number of hydrogen-bond acceptors (Lipinski definition) is 3. The van der Waals surface area contributed by atoms with Gasteiger partial charge in [0.1, 0.15) is 5.82 Å². The van der Waals surface area contributed by atoms with Crippen molar-refractivity contribution in [2.75, 3.05) is 46.8 Å². The van der Waals surface area contributed by atoms with Crippen LogP contribution in [0.4, 0.5) is 4.39 Å². The molecule has 1 fully saturated rings. The van der Waals surface area contributed by atoms with Crippen molar-refractivity contribution in [2.45, 2.75) is 38.8 Å². The van der Waals surface area contributed by atoms with E-state index in [1.54, 1.807) is 12.1 Å². The first-order valence-corrected chi connectivity index (χ1v) is 9.73. The fraction of sp³-hybridized carbons (Fsp3) is 0.650. The quantitative estimate of drug-likeness (QED) is 0.550. The molecule has 0 aromatic heterocycles. The minimum atomic E-state index is -0.204. The van der Waals surface area contributed by atoms with Gasteiger partial charge in [-0.2, -0.15) is 0 Å². The Labute approximate surface area is 157 Å². The number of nitrogens with one attached hydrogen (secondary N) is 2. The number of hydrogen-bond donors (Lipinski definition) is 2. The molecule has 0 spiro atoms. The summed E-state index contributed by atoms with van der Waals surface area (Å²) in [5.41, 5.74) is 0.947. The Kier molecular flexibility index (Phi) is 8.32. The molecule has 1 aromatic rings. The number of benzene rings is 1. The van der Waals surface area contributed by atoms with Gasteiger partial charge >= 0.3 is 0 Å². The van der Waals surface area contributed by atoms with E-state index in [9.17, 15) is 4.39 Å². The second kappa shape index (κ2) is 10.5. The number of halogens is 1. The first-order valence-electron chi connectivity index (χ1n) is 9.73. The maximum atomic E-state index is 13.6. The number of nitrogens with zero attached hydrogens (tertiary/aromatic N) is 3. The van der Waals surface area contributed by atoms with Crippen molar-refractivity contribution in [3.63, 3.8) is 0 Å². The van der Waals surface area contributed by atoms with E-state index in [4.69, 9.17) is 4.99 Å². The third-order valence-electron chi connectivity index (χ3n) is 5.03. The summed E-state index contributed by atoms with van der Waals surface area (Å²) < 4.78 is 13.6. The van der Waals surface area contributed by atoms with E-state index in [0.29, 0.717) is 12.6 Å². The highest BCUT2D eigenvalue weighted by atomic mass is 19.1. The van der Waals surface area contributed by atoms with Gasteiger partial charge in [0.15, 0.2) is 5.96 Å². The number of aliphatic imine (C=N–C) groups is 1. The first-order chi connectivity index (χ1) is 12.5. The molecule has 1 aliphatic rings. The Bertz CT molecular complexity index is 575. The van der Waals surface area contributed by atoms with Crippen LogP contribution in [0.1, 0.15) is 38.3 Å². The summed E-state index contributed by atoms with van der Waals surface area (Å²) in [7, 11) is 4.01. The van der Waals surface area contributed by atoms with Gasteiger partial charge in [-0.3, -0.25) is 9.89 Å². The molecule has 2 atom stereocenters. The lowest BCUT2D eigenvalue weighted by Gasteiger charge is -2.25. The van der Waals surface area contributed by atoms with Gasteiger partial charge in [0.2, 0.25) is 0 Å². The van der Waals surface area contributed by atoms with Crippen molar-refractivity contribution >= 4 is 5.96 Å². The van der Waals surface area contributed by atoms with Crippen molar-refractivity contribution < 1.29 is 4.39 Å². The Morgan fingerprint density at radius 2 is 2.15 bits per heavy atom. The van der Waals surface area contributed by atoms with Crippen LogP contribution in [-0.2, 0) is 0 Å². The zero-order valence-corrected chi connectivity index (χ0v) is 16.6. The van der Waals surface area contributed by atoms with Gasteiger partial charge in [0, 0.05) is 19.1 Å². The predicted molar refractivity (Wildman–Crippen MR) is 107 cm³/mol. The molecule has 26 heavy (non-hydrogen) atoms. The van der Waals surface area contributed by atoms with Gasteiger partial charge in [-0.15, -0.1) is 0 Å². The molecule has 1 aromatic carbocycles. The molecule has 0 radical (unpaired) electrons. The monoisotopic (exact) mass is 363 g/mol. The molecule has 0 amide bonds. The second-order valence-electron chi connectivity index (χ2n) is 7.06. The summed E-state index contributed by atoms with van der Waals surface area (Å²) in [6, 6.07) is 7.41. The van der Waals surface area contributed by atoms with Crippen LogP contribution in [0.5, 0.6) is 0 Å². The standard InChI is InChI=1S/C20H34FN5/c1-5-22-20(23-14-18-11-8-12-26(18)6-2)24-15-19(25(3)4)16-9-7-10-17(21)13-16/h7,9-10,13,18-19H,5-6,8,11-12,14-15H2,1-4H3,(H2,22,23,24). The fourth-order valence-corrected chi connectivity index (χ4v) is 3.56. The Morgan fingerprint density at radius 3 is 2.81 bits per heavy atom. The van der Waals surface area contributed by atoms with Crippen molar-refractivity contribution in [2.24, 2.45) is 4.99 Å². The largest absolute Gasteiger partial charge is 0.357 e. The zero-order valence-electron chi connectivity index (χ0n) is 16.6. The van der Waals surface area contributed by atoms with Gasteiger partial charge in [0.25, 0.3) is 0 Å². The van der Waals surface area contributed by atoms with E-state index in [2.05, 4.69) is 34.3 Å². The maximum absolute atomic E-state index is 13.6. The summed E-state index contributed by atoms with van der Waals surface area (Å²) >= 11 is 0. The summed E-state index contributed by atoms with van der Waals surface area (Å²) in [4.78, 5) is 9.37. The SMILES string of the molecule is CCNC(=NCC(c1cccc(F)c1)N(C)C)NCC1CCCN1CC. The van der Waals surface area contributed by atoms with Crippen LogP contribution in [0.2, 0.25) is 0 Å². The molecule has 2 unspecified atom stereocenters. The highest BCUT2D eigenvalue weighted by Crippen LogP contribution is 2.19. The lowest BCUT2D eigenvalue weighted by Crippen LogP contribution is -2.45. The Hall–Kier alpha value is -1.66. The average molecular weight is 364 g/mol. The number of rotatable bonds is 8. The van der Waals surface area contributed by atoms with Crippen molar-refractivity contribution in [3.8, 4) is 0 Å². The van der Waals surface area contributed by atoms with Crippen LogP contribution in [0.25, 0.3) is 0 Å². The van der Waals surface area contributed by atoms with Gasteiger partial charge in [-0.1, -0.05) is 19.1 Å². The van der Waals surface area contributed by atoms with Crippen LogP contribution in [0.3, 0.4) is 0 Å². The second-order valence-corrected chi connectivity index (χ2v) is 7.06. The smallest absolute Gasteiger partial charge is 0.191 e. The maximum Gasteiger partial charge on any atom is 0.191 e. The van der Waals surface area contributed by atoms with Gasteiger partial charge in [-0.05, 0) is 64.6 Å². The predicted octanol–water partition coefficient (Wildman–Crippen LogP) is 2.47. The zero-order chi connectivity index (χ0) is 18.9. The molecule has 1 heterocycles. The van der Waals surface area contributed by atoms with Crippen LogP contribution in [0.15, 0.2) is 29.3 Å². The van der Waals surface area contributed by atoms with Crippen molar-refractivity contribution in [3.05, 3.63) is 35.6 Å². The lowest BCUT2D eigenvalue weighted by molar-refractivity contribution is 0.266. The molecule has 0 aliphatic carbocycles. The van der Waals surface area contributed by atoms with E-state index >= 15 is 0 Å². The first kappa shape index (κ1) is 20.6. The van der Waals surface area contributed by atoms with E-state index in [1.807, 2.05) is 20.2 Å². The van der Waals surface area contributed by atoms with Crippen LogP contribution in [-0.4, -0.2) is 68.6 Å². The van der Waals surface area contributed by atoms with E-state index in [0.717, 1.165) is 31.2 Å². The van der Waals surface area contributed by atoms with E-state index in [-0.39, 0.29) is 11.9 Å². The molecule has 1 saturated heterocycles. The van der Waals surface area contributed by atoms with Crippen molar-refractivity contribution in [1.82, 2.24) is 20.4 Å². The molecular formula is C20H34FN5. The Morgan fingerprint density at radius 1 is 1.35 bits per heavy atom. The molecule has 1 aliphatic heterocycles. The van der Waals surface area contributed by atoms with Crippen LogP contribution < -0.4 is 10.6 Å². The Balaban J connectivity index is 2.01. The minimum Gasteiger partial charge on any atom is -0.357 e. The van der Waals surface area contributed by atoms with E-state index < -0.39 is 0 Å². The van der Waals surface area contributed by atoms with Crippen LogP contribution >= 0.6 is 0 Å². The number of guanidine groups is 1. The fourth-order valence-electron chi connectivity index (χ4n) is 3.56. The molecule has 5 nitrogen and oxygen atoms in total. The van der Waals surface area contributed by atoms with Crippen molar-refractivity contribution in [1.29, 1.82) is 0 Å². The number of likely N-dealkylation sites (N-methyl/N-ethyl adjacent to an activating group) is 2. The lowest BCUT2D eigenvalue weighted by atomic mass is 10.1. The van der Waals surface area contributed by atoms with Crippen LogP contribution in [0, 0.1) is 5.82 Å². The summed E-state index contributed by atoms with van der Waals surface area (Å²) in [6.07, 6.45) is 2.51. The third-order valence-corrected chi connectivity index (χ3v) is 5.03. The molecule has 2 rings (SSSR count). The summed E-state index contributed by atoms with van der Waals surface area (Å²) in [5.74, 6) is 0.628. The minimum absolute atomic E-state index is 0.0415. The highest BCUT2D eigenvalue weighted by Gasteiger charge is 2.23. The molecule has 0 bridgehead atoms. The summed E-state index contributed by atoms with van der Waals surface area (Å²) in [6.45, 7) is 8.89. The van der Waals surface area contributed by atoms with Gasteiger partial charge < -0.3 is 15.5 Å². The highest BCUT2D eigenvalue weighted by molar-refractivity contribution is 5.79. The molecule has 6 heteroatoms. The molecule has 0 saturated carbocycles. The van der Waals surface area contributed by atoms with E-state index in [1.165, 1.54) is 25.5 Å². The van der Waals surface area contributed by atoms with Gasteiger partial charge in [-0.25, -0.2) is 4.39 Å². The topological polar surface area (TPSA) is 42.9 Å². The normalized spacial score (nSPS) is 19.8. The molecular weight excluding hydrogens is 329 g/mol.